The van der Waals surface area contributed by atoms with Crippen molar-refractivity contribution >= 4 is 38.4 Å². The predicted molar refractivity (Wildman–Crippen MR) is 127 cm³/mol. The molecule has 1 N–H and O–H groups in total. The summed E-state index contributed by atoms with van der Waals surface area (Å²) in [6.07, 6.45) is 5.56. The van der Waals surface area contributed by atoms with E-state index in [1.807, 2.05) is 18.2 Å². The molecule has 0 bridgehead atoms. The summed E-state index contributed by atoms with van der Waals surface area (Å²) in [6.45, 7) is 4.68. The minimum Gasteiger partial charge on any atom is -0.326 e. The van der Waals surface area contributed by atoms with Crippen molar-refractivity contribution in [2.45, 2.75) is 51.7 Å². The van der Waals surface area contributed by atoms with Crippen LogP contribution in [0.1, 0.15) is 38.2 Å². The summed E-state index contributed by atoms with van der Waals surface area (Å²) in [5.41, 5.74) is 2.53. The van der Waals surface area contributed by atoms with Crippen LogP contribution in [0.25, 0.3) is 10.9 Å². The molecule has 31 heavy (non-hydrogen) atoms. The third kappa shape index (κ3) is 5.40. The zero-order valence-electron chi connectivity index (χ0n) is 17.7. The highest BCUT2D eigenvalue weighted by Crippen LogP contribution is 2.20. The molecule has 1 aliphatic rings. The van der Waals surface area contributed by atoms with Crippen molar-refractivity contribution in [1.29, 1.82) is 0 Å². The van der Waals surface area contributed by atoms with Gasteiger partial charge < -0.3 is 5.32 Å². The van der Waals surface area contributed by atoms with E-state index < -0.39 is 0 Å². The summed E-state index contributed by atoms with van der Waals surface area (Å²) in [5, 5.41) is 3.46. The molecule has 1 atom stereocenters. The van der Waals surface area contributed by atoms with Crippen LogP contribution in [-0.2, 0) is 17.9 Å². The van der Waals surface area contributed by atoms with Crippen molar-refractivity contribution in [1.82, 2.24) is 14.5 Å². The average molecular weight is 483 g/mol. The van der Waals surface area contributed by atoms with E-state index in [-0.39, 0.29) is 24.4 Å². The summed E-state index contributed by atoms with van der Waals surface area (Å²) in [5.74, 6) is -0.126. The molecule has 7 heteroatoms. The Kier molecular flexibility index (Phi) is 6.83. The number of amides is 1. The van der Waals surface area contributed by atoms with Gasteiger partial charge in [-0.3, -0.25) is 19.1 Å². The van der Waals surface area contributed by atoms with Crippen LogP contribution in [0.15, 0.2) is 58.1 Å². The Hall–Kier alpha value is -2.51. The SMILES string of the molecule is CC1CCCCN1Cc1ccc(NC(=O)CCn2cnc3ccc(Br)cc3c2=O)cc1. The van der Waals surface area contributed by atoms with Crippen molar-refractivity contribution in [3.8, 4) is 0 Å². The van der Waals surface area contributed by atoms with Gasteiger partial charge in [0.05, 0.1) is 17.2 Å². The largest absolute Gasteiger partial charge is 0.326 e. The Balaban J connectivity index is 1.33. The second-order valence-electron chi connectivity index (χ2n) is 8.21. The van der Waals surface area contributed by atoms with Crippen LogP contribution < -0.4 is 10.9 Å². The van der Waals surface area contributed by atoms with Crippen LogP contribution >= 0.6 is 15.9 Å². The lowest BCUT2D eigenvalue weighted by Gasteiger charge is -2.33. The number of nitrogens with one attached hydrogen (secondary N) is 1. The standard InChI is InChI=1S/C24H27BrN4O2/c1-17-4-2-3-12-28(17)15-18-5-8-20(9-6-18)27-23(30)11-13-29-16-26-22-10-7-19(25)14-21(22)24(29)31/h5-10,14,16-17H,2-4,11-13,15H2,1H3,(H,27,30). The minimum atomic E-state index is -0.143. The Labute approximate surface area is 190 Å². The molecule has 4 rings (SSSR count). The lowest BCUT2D eigenvalue weighted by molar-refractivity contribution is -0.116. The molecule has 1 unspecified atom stereocenters. The number of anilines is 1. The molecule has 1 amide bonds. The number of aryl methyl sites for hydroxylation is 1. The summed E-state index contributed by atoms with van der Waals surface area (Å²) < 4.78 is 2.31. The second-order valence-corrected chi connectivity index (χ2v) is 9.13. The minimum absolute atomic E-state index is 0.126. The normalized spacial score (nSPS) is 17.0. The smallest absolute Gasteiger partial charge is 0.261 e. The molecule has 1 aliphatic heterocycles. The molecular weight excluding hydrogens is 456 g/mol. The van der Waals surface area contributed by atoms with Gasteiger partial charge >= 0.3 is 0 Å². The van der Waals surface area contributed by atoms with E-state index in [1.165, 1.54) is 35.7 Å². The highest BCUT2D eigenvalue weighted by molar-refractivity contribution is 9.10. The van der Waals surface area contributed by atoms with E-state index >= 15 is 0 Å². The van der Waals surface area contributed by atoms with Crippen LogP contribution in [0.4, 0.5) is 5.69 Å². The number of carbonyl (C=O) groups excluding carboxylic acids is 1. The number of benzene rings is 2. The predicted octanol–water partition coefficient (Wildman–Crippen LogP) is 4.56. The van der Waals surface area contributed by atoms with Gasteiger partial charge in [0.2, 0.25) is 5.91 Å². The molecule has 1 saturated heterocycles. The number of aromatic nitrogens is 2. The Morgan fingerprint density at radius 3 is 2.77 bits per heavy atom. The van der Waals surface area contributed by atoms with Gasteiger partial charge in [-0.2, -0.15) is 0 Å². The number of nitrogens with zero attached hydrogens (tertiary/aromatic N) is 3. The maximum Gasteiger partial charge on any atom is 0.261 e. The van der Waals surface area contributed by atoms with Crippen LogP contribution in [0, 0.1) is 0 Å². The number of halogens is 1. The molecule has 162 valence electrons. The van der Waals surface area contributed by atoms with Gasteiger partial charge in [-0.1, -0.05) is 34.5 Å². The molecule has 0 radical (unpaired) electrons. The quantitative estimate of drug-likeness (QED) is 0.558. The molecule has 2 heterocycles. The number of hydrogen-bond acceptors (Lipinski definition) is 4. The van der Waals surface area contributed by atoms with Crippen molar-refractivity contribution in [2.75, 3.05) is 11.9 Å². The lowest BCUT2D eigenvalue weighted by atomic mass is 10.0. The van der Waals surface area contributed by atoms with Crippen LogP contribution in [0.5, 0.6) is 0 Å². The number of likely N-dealkylation sites (tertiary alicyclic amines) is 1. The molecule has 2 aromatic carbocycles. The van der Waals surface area contributed by atoms with Gasteiger partial charge in [0, 0.05) is 35.7 Å². The first-order valence-electron chi connectivity index (χ1n) is 10.8. The first-order valence-corrected chi connectivity index (χ1v) is 11.6. The molecular formula is C24H27BrN4O2. The molecule has 3 aromatic rings. The maximum absolute atomic E-state index is 12.6. The Morgan fingerprint density at radius 1 is 1.19 bits per heavy atom. The highest BCUT2D eigenvalue weighted by Gasteiger charge is 2.18. The summed E-state index contributed by atoms with van der Waals surface area (Å²) in [4.78, 5) is 31.9. The lowest BCUT2D eigenvalue weighted by Crippen LogP contribution is -2.36. The van der Waals surface area contributed by atoms with Gasteiger partial charge in [-0.25, -0.2) is 4.98 Å². The molecule has 0 saturated carbocycles. The highest BCUT2D eigenvalue weighted by atomic mass is 79.9. The van der Waals surface area contributed by atoms with Gasteiger partial charge in [0.15, 0.2) is 0 Å². The first-order chi connectivity index (χ1) is 15.0. The van der Waals surface area contributed by atoms with Crippen molar-refractivity contribution in [3.05, 3.63) is 69.2 Å². The molecule has 0 spiro atoms. The van der Waals surface area contributed by atoms with Gasteiger partial charge in [-0.05, 0) is 62.2 Å². The fraction of sp³-hybridized carbons (Fsp3) is 0.375. The summed E-state index contributed by atoms with van der Waals surface area (Å²) in [6, 6.07) is 14.1. The summed E-state index contributed by atoms with van der Waals surface area (Å²) >= 11 is 3.38. The second kappa shape index (κ2) is 9.75. The van der Waals surface area contributed by atoms with Crippen LogP contribution in [0.2, 0.25) is 0 Å². The van der Waals surface area contributed by atoms with E-state index in [9.17, 15) is 9.59 Å². The average Bonchev–Trinajstić information content (AvgIpc) is 2.76. The molecule has 0 aliphatic carbocycles. The number of hydrogen-bond donors (Lipinski definition) is 1. The number of carbonyl (C=O) groups is 1. The van der Waals surface area contributed by atoms with Crippen molar-refractivity contribution in [3.63, 3.8) is 0 Å². The molecule has 1 fully saturated rings. The Morgan fingerprint density at radius 2 is 2.00 bits per heavy atom. The third-order valence-electron chi connectivity index (χ3n) is 5.93. The fourth-order valence-electron chi connectivity index (χ4n) is 4.06. The number of piperidine rings is 1. The number of rotatable bonds is 6. The first kappa shape index (κ1) is 21.7. The van der Waals surface area contributed by atoms with Gasteiger partial charge in [0.25, 0.3) is 5.56 Å². The van der Waals surface area contributed by atoms with E-state index in [2.05, 4.69) is 50.2 Å². The molecule has 6 nitrogen and oxygen atoms in total. The topological polar surface area (TPSA) is 67.2 Å². The monoisotopic (exact) mass is 482 g/mol. The summed E-state index contributed by atoms with van der Waals surface area (Å²) in [7, 11) is 0. The van der Waals surface area contributed by atoms with Crippen molar-refractivity contribution in [2.24, 2.45) is 0 Å². The maximum atomic E-state index is 12.6. The van der Waals surface area contributed by atoms with Gasteiger partial charge in [0.1, 0.15) is 0 Å². The fourth-order valence-corrected chi connectivity index (χ4v) is 4.42. The van der Waals surface area contributed by atoms with E-state index in [0.29, 0.717) is 16.9 Å². The van der Waals surface area contributed by atoms with Crippen LogP contribution in [0.3, 0.4) is 0 Å². The van der Waals surface area contributed by atoms with E-state index in [4.69, 9.17) is 0 Å². The van der Waals surface area contributed by atoms with Gasteiger partial charge in [-0.15, -0.1) is 0 Å². The molecule has 1 aromatic heterocycles. The zero-order chi connectivity index (χ0) is 21.8. The number of fused-ring (bicyclic) bond motifs is 1. The van der Waals surface area contributed by atoms with Crippen molar-refractivity contribution < 1.29 is 4.79 Å². The van der Waals surface area contributed by atoms with Crippen LogP contribution in [-0.4, -0.2) is 32.9 Å². The Bertz CT molecular complexity index is 1130. The van der Waals surface area contributed by atoms with E-state index in [0.717, 1.165) is 23.2 Å². The van der Waals surface area contributed by atoms with E-state index in [1.54, 1.807) is 12.1 Å². The third-order valence-corrected chi connectivity index (χ3v) is 6.42. The zero-order valence-corrected chi connectivity index (χ0v) is 19.3.